The molecule has 14 heavy (non-hydrogen) atoms. The maximum Gasteiger partial charge on any atom is 0.0795 e. The first-order chi connectivity index (χ1) is 6.84. The summed E-state index contributed by atoms with van der Waals surface area (Å²) in [5.41, 5.74) is 4.14. The number of rotatable bonds is 4. The van der Waals surface area contributed by atoms with Gasteiger partial charge in [0, 0.05) is 37.3 Å². The maximum atomic E-state index is 4.19. The highest BCUT2D eigenvalue weighted by Crippen LogP contribution is 2.01. The molecule has 0 aliphatic rings. The van der Waals surface area contributed by atoms with Crippen LogP contribution in [0.4, 0.5) is 0 Å². The molecule has 2 aromatic heterocycles. The van der Waals surface area contributed by atoms with E-state index in [1.54, 1.807) is 16.0 Å². The lowest BCUT2D eigenvalue weighted by Gasteiger charge is -1.98. The van der Waals surface area contributed by atoms with Gasteiger partial charge in [0.15, 0.2) is 0 Å². The largest absolute Gasteiger partial charge is 0.307 e. The molecule has 2 aromatic rings. The Kier molecular flexibility index (Phi) is 2.90. The van der Waals surface area contributed by atoms with Gasteiger partial charge >= 0.3 is 0 Å². The predicted molar refractivity (Wildman–Crippen MR) is 55.9 cm³/mol. The van der Waals surface area contributed by atoms with Crippen molar-refractivity contribution >= 4 is 11.3 Å². The Bertz CT molecular complexity index is 379. The molecule has 2 rings (SSSR count). The minimum atomic E-state index is 0.818. The third-order valence-electron chi connectivity index (χ3n) is 1.88. The molecule has 4 nitrogen and oxygen atoms in total. The third-order valence-corrected chi connectivity index (χ3v) is 2.51. The molecule has 0 spiro atoms. The molecule has 0 unspecified atom stereocenters. The molecule has 1 N–H and O–H groups in total. The Morgan fingerprint density at radius 3 is 3.07 bits per heavy atom. The van der Waals surface area contributed by atoms with Gasteiger partial charge in [0.1, 0.15) is 0 Å². The molecule has 0 bridgehead atoms. The van der Waals surface area contributed by atoms with Crippen LogP contribution in [0, 0.1) is 0 Å². The molecule has 0 saturated heterocycles. The van der Waals surface area contributed by atoms with Gasteiger partial charge in [-0.25, -0.2) is 4.98 Å². The first-order valence-electron chi connectivity index (χ1n) is 4.40. The van der Waals surface area contributed by atoms with Crippen LogP contribution in [0.25, 0.3) is 0 Å². The quantitative estimate of drug-likeness (QED) is 0.820. The van der Waals surface area contributed by atoms with E-state index in [1.807, 2.05) is 25.0 Å². The van der Waals surface area contributed by atoms with Crippen molar-refractivity contribution < 1.29 is 0 Å². The van der Waals surface area contributed by atoms with Crippen molar-refractivity contribution in [1.82, 2.24) is 20.1 Å². The zero-order valence-corrected chi connectivity index (χ0v) is 8.79. The van der Waals surface area contributed by atoms with E-state index in [2.05, 4.69) is 20.8 Å². The second kappa shape index (κ2) is 4.34. The molecule has 2 heterocycles. The van der Waals surface area contributed by atoms with Crippen LogP contribution in [0.2, 0.25) is 0 Å². The fourth-order valence-corrected chi connectivity index (χ4v) is 1.78. The van der Waals surface area contributed by atoms with E-state index in [1.165, 1.54) is 5.56 Å². The van der Waals surface area contributed by atoms with Gasteiger partial charge in [0.2, 0.25) is 0 Å². The van der Waals surface area contributed by atoms with Gasteiger partial charge in [-0.05, 0) is 0 Å². The Labute approximate surface area is 86.6 Å². The molecule has 0 fully saturated rings. The molecule has 5 heteroatoms. The summed E-state index contributed by atoms with van der Waals surface area (Å²) in [7, 11) is 1.92. The molecule has 74 valence electrons. The summed E-state index contributed by atoms with van der Waals surface area (Å²) in [5, 5.41) is 9.46. The normalized spacial score (nSPS) is 10.6. The highest BCUT2D eigenvalue weighted by molar-refractivity contribution is 7.07. The van der Waals surface area contributed by atoms with Gasteiger partial charge in [0.05, 0.1) is 17.4 Å². The Morgan fingerprint density at radius 2 is 2.43 bits per heavy atom. The van der Waals surface area contributed by atoms with E-state index in [0.29, 0.717) is 0 Å². The minimum Gasteiger partial charge on any atom is -0.307 e. The molecular formula is C9H12N4S. The highest BCUT2D eigenvalue weighted by Gasteiger charge is 1.96. The second-order valence-corrected chi connectivity index (χ2v) is 3.82. The number of aromatic nitrogens is 3. The zero-order chi connectivity index (χ0) is 9.80. The maximum absolute atomic E-state index is 4.19. The number of hydrogen-bond acceptors (Lipinski definition) is 4. The number of hydrogen-bond donors (Lipinski definition) is 1. The van der Waals surface area contributed by atoms with Crippen molar-refractivity contribution in [3.8, 4) is 0 Å². The Balaban J connectivity index is 1.78. The number of nitrogens with zero attached hydrogens (tertiary/aromatic N) is 3. The highest BCUT2D eigenvalue weighted by atomic mass is 32.1. The van der Waals surface area contributed by atoms with Crippen molar-refractivity contribution in [2.45, 2.75) is 13.1 Å². The lowest BCUT2D eigenvalue weighted by molar-refractivity contribution is 0.681. The average molecular weight is 208 g/mol. The molecule has 0 amide bonds. The molecule has 0 aliphatic heterocycles. The van der Waals surface area contributed by atoms with Crippen molar-refractivity contribution in [3.63, 3.8) is 0 Å². The van der Waals surface area contributed by atoms with Crippen LogP contribution in [0.15, 0.2) is 23.3 Å². The first kappa shape index (κ1) is 9.36. The van der Waals surface area contributed by atoms with Crippen molar-refractivity contribution in [3.05, 3.63) is 34.5 Å². The molecule has 0 saturated carbocycles. The molecule has 0 atom stereocenters. The lowest BCUT2D eigenvalue weighted by atomic mass is 10.3. The molecule has 0 radical (unpaired) electrons. The summed E-state index contributed by atoms with van der Waals surface area (Å²) in [6.07, 6.45) is 3.88. The summed E-state index contributed by atoms with van der Waals surface area (Å²) in [5.74, 6) is 0. The summed E-state index contributed by atoms with van der Waals surface area (Å²) in [4.78, 5) is 4.19. The first-order valence-corrected chi connectivity index (χ1v) is 5.34. The van der Waals surface area contributed by atoms with Gasteiger partial charge in [0.25, 0.3) is 0 Å². The monoisotopic (exact) mass is 208 g/mol. The van der Waals surface area contributed by atoms with Gasteiger partial charge < -0.3 is 5.32 Å². The Morgan fingerprint density at radius 1 is 1.50 bits per heavy atom. The van der Waals surface area contributed by atoms with E-state index in [-0.39, 0.29) is 0 Å². The summed E-state index contributed by atoms with van der Waals surface area (Å²) < 4.78 is 1.81. The fourth-order valence-electron chi connectivity index (χ4n) is 1.22. The lowest BCUT2D eigenvalue weighted by Crippen LogP contribution is -2.12. The number of thiazole rings is 1. The summed E-state index contributed by atoms with van der Waals surface area (Å²) >= 11 is 1.62. The van der Waals surface area contributed by atoms with Crippen LogP contribution >= 0.6 is 11.3 Å². The summed E-state index contributed by atoms with van der Waals surface area (Å²) in [6, 6.07) is 0. The SMILES string of the molecule is Cn1cc(CNCc2cscn2)cn1. The number of aryl methyl sites for hydroxylation is 1. The van der Waals surface area contributed by atoms with Crippen molar-refractivity contribution in [2.24, 2.45) is 7.05 Å². The predicted octanol–water partition coefficient (Wildman–Crippen LogP) is 1.17. The second-order valence-electron chi connectivity index (χ2n) is 3.11. The fraction of sp³-hybridized carbons (Fsp3) is 0.333. The van der Waals surface area contributed by atoms with Crippen LogP contribution in [-0.2, 0) is 20.1 Å². The third kappa shape index (κ3) is 2.40. The number of nitrogens with one attached hydrogen (secondary N) is 1. The zero-order valence-electron chi connectivity index (χ0n) is 7.97. The summed E-state index contributed by atoms with van der Waals surface area (Å²) in [6.45, 7) is 1.66. The van der Waals surface area contributed by atoms with Gasteiger partial charge in [-0.3, -0.25) is 4.68 Å². The van der Waals surface area contributed by atoms with Crippen LogP contribution < -0.4 is 5.32 Å². The molecule has 0 aromatic carbocycles. The van der Waals surface area contributed by atoms with Crippen LogP contribution in [0.1, 0.15) is 11.3 Å². The van der Waals surface area contributed by atoms with Crippen molar-refractivity contribution in [1.29, 1.82) is 0 Å². The topological polar surface area (TPSA) is 42.7 Å². The van der Waals surface area contributed by atoms with E-state index in [0.717, 1.165) is 18.8 Å². The van der Waals surface area contributed by atoms with E-state index >= 15 is 0 Å². The smallest absolute Gasteiger partial charge is 0.0795 e. The van der Waals surface area contributed by atoms with E-state index < -0.39 is 0 Å². The van der Waals surface area contributed by atoms with Crippen LogP contribution in [0.3, 0.4) is 0 Å². The van der Waals surface area contributed by atoms with Crippen LogP contribution in [0.5, 0.6) is 0 Å². The molecular weight excluding hydrogens is 196 g/mol. The van der Waals surface area contributed by atoms with Gasteiger partial charge in [-0.15, -0.1) is 11.3 Å². The van der Waals surface area contributed by atoms with E-state index in [4.69, 9.17) is 0 Å². The molecule has 0 aliphatic carbocycles. The van der Waals surface area contributed by atoms with Crippen LogP contribution in [-0.4, -0.2) is 14.8 Å². The van der Waals surface area contributed by atoms with Gasteiger partial charge in [-0.2, -0.15) is 5.10 Å². The minimum absolute atomic E-state index is 0.818. The van der Waals surface area contributed by atoms with Crippen molar-refractivity contribution in [2.75, 3.05) is 0 Å². The average Bonchev–Trinajstić information content (AvgIpc) is 2.77. The Hall–Kier alpha value is -1.20. The standard InChI is InChI=1S/C9H12N4S/c1-13-5-8(3-12-13)2-10-4-9-6-14-7-11-9/h3,5-7,10H,2,4H2,1H3. The van der Waals surface area contributed by atoms with E-state index in [9.17, 15) is 0 Å². The van der Waals surface area contributed by atoms with Gasteiger partial charge in [-0.1, -0.05) is 0 Å².